The molecule has 2 saturated heterocycles. The highest BCUT2D eigenvalue weighted by Crippen LogP contribution is 2.48. The number of carbonyl (C=O) groups is 3. The first kappa shape index (κ1) is 19.0. The molecule has 0 N–H and O–H groups in total. The number of esters is 1. The van der Waals surface area contributed by atoms with E-state index < -0.39 is 55.1 Å². The highest BCUT2D eigenvalue weighted by molar-refractivity contribution is 9.10. The maximum atomic E-state index is 12.6. The second-order valence-electron chi connectivity index (χ2n) is 5.89. The number of nitrogens with zero attached hydrogens (tertiary/aromatic N) is 1. The van der Waals surface area contributed by atoms with E-state index in [2.05, 4.69) is 20.7 Å². The fourth-order valence-electron chi connectivity index (χ4n) is 2.77. The van der Waals surface area contributed by atoms with Crippen LogP contribution in [0.25, 0.3) is 0 Å². The van der Waals surface area contributed by atoms with E-state index in [1.807, 2.05) is 0 Å². The minimum absolute atomic E-state index is 0.0873. The van der Waals surface area contributed by atoms with Crippen LogP contribution in [0.4, 0.5) is 4.79 Å². The van der Waals surface area contributed by atoms with Crippen molar-refractivity contribution in [3.63, 3.8) is 0 Å². The summed E-state index contributed by atoms with van der Waals surface area (Å²) in [6.45, 7) is 5.67. The molecule has 4 atom stereocenters. The highest BCUT2D eigenvalue weighted by atomic mass is 79.9. The molecule has 0 aromatic heterocycles. The zero-order valence-electron chi connectivity index (χ0n) is 13.5. The topological polar surface area (TPSA) is 116 Å². The van der Waals surface area contributed by atoms with Crippen LogP contribution in [-0.2, 0) is 33.6 Å². The molecule has 1 unspecified atom stereocenters. The summed E-state index contributed by atoms with van der Waals surface area (Å²) in [7, 11) is -3.78. The Labute approximate surface area is 147 Å². The lowest BCUT2D eigenvalue weighted by atomic mass is 9.98. The summed E-state index contributed by atoms with van der Waals surface area (Å²) < 4.78 is 37.8. The normalized spacial score (nSPS) is 30.8. The number of β-lactam (4-membered cyclic amide) rings is 1. The molecular weight excluding hydrogens is 410 g/mol. The molecule has 24 heavy (non-hydrogen) atoms. The minimum Gasteiger partial charge on any atom is -0.435 e. The van der Waals surface area contributed by atoms with Crippen LogP contribution in [0.2, 0.25) is 0 Å². The number of fused-ring (bicyclic) bond motifs is 1. The lowest BCUT2D eigenvalue weighted by Gasteiger charge is -2.40. The Morgan fingerprint density at radius 2 is 1.92 bits per heavy atom. The van der Waals surface area contributed by atoms with E-state index in [0.717, 1.165) is 4.90 Å². The van der Waals surface area contributed by atoms with Gasteiger partial charge in [0.2, 0.25) is 12.2 Å². The van der Waals surface area contributed by atoms with E-state index in [1.165, 1.54) is 20.8 Å². The van der Waals surface area contributed by atoms with E-state index in [4.69, 9.17) is 9.47 Å². The number of halogens is 1. The zero-order valence-corrected chi connectivity index (χ0v) is 15.9. The van der Waals surface area contributed by atoms with Gasteiger partial charge in [-0.1, -0.05) is 15.9 Å². The molecule has 136 valence electrons. The number of ether oxygens (including phenoxy) is 3. The molecule has 2 aliphatic rings. The predicted octanol–water partition coefficient (Wildman–Crippen LogP) is 0.556. The van der Waals surface area contributed by atoms with Crippen molar-refractivity contribution in [2.75, 3.05) is 6.61 Å². The summed E-state index contributed by atoms with van der Waals surface area (Å²) in [5.41, 5.74) is 0. The molecule has 0 aliphatic carbocycles. The van der Waals surface area contributed by atoms with Gasteiger partial charge in [-0.15, -0.1) is 0 Å². The third-order valence-electron chi connectivity index (χ3n) is 4.03. The lowest BCUT2D eigenvalue weighted by molar-refractivity contribution is -0.179. The molecule has 2 heterocycles. The SMILES string of the molecule is CCOC(=O)OC(C)OC(=O)[C@@H]1N2C(=O)[C@H](Br)[C@H]2S(=O)(=O)C1(C)C. The van der Waals surface area contributed by atoms with Crippen LogP contribution in [0.1, 0.15) is 27.7 Å². The Morgan fingerprint density at radius 3 is 2.46 bits per heavy atom. The molecule has 0 bridgehead atoms. The van der Waals surface area contributed by atoms with Crippen LogP contribution < -0.4 is 0 Å². The molecule has 2 rings (SSSR count). The highest BCUT2D eigenvalue weighted by Gasteiger charge is 2.72. The van der Waals surface area contributed by atoms with E-state index >= 15 is 0 Å². The molecule has 0 aromatic rings. The van der Waals surface area contributed by atoms with Crippen molar-refractivity contribution in [2.24, 2.45) is 0 Å². The van der Waals surface area contributed by atoms with Crippen molar-refractivity contribution >= 4 is 43.8 Å². The summed E-state index contributed by atoms with van der Waals surface area (Å²) in [5.74, 6) is -1.47. The number of hydrogen-bond donors (Lipinski definition) is 0. The van der Waals surface area contributed by atoms with Gasteiger partial charge in [-0.2, -0.15) is 0 Å². The molecule has 11 heteroatoms. The second kappa shape index (κ2) is 6.17. The molecule has 2 aliphatic heterocycles. The average molecular weight is 428 g/mol. The van der Waals surface area contributed by atoms with Crippen LogP contribution in [0.5, 0.6) is 0 Å². The molecule has 0 radical (unpaired) electrons. The van der Waals surface area contributed by atoms with E-state index in [0.29, 0.717) is 0 Å². The monoisotopic (exact) mass is 427 g/mol. The van der Waals surface area contributed by atoms with E-state index in [-0.39, 0.29) is 6.61 Å². The second-order valence-corrected chi connectivity index (χ2v) is 9.51. The fraction of sp³-hybridized carbons (Fsp3) is 0.769. The third-order valence-corrected chi connectivity index (χ3v) is 8.10. The summed E-state index contributed by atoms with van der Waals surface area (Å²) in [4.78, 5) is 35.7. The molecule has 9 nitrogen and oxygen atoms in total. The predicted molar refractivity (Wildman–Crippen MR) is 83.8 cm³/mol. The largest absolute Gasteiger partial charge is 0.511 e. The number of alkyl halides is 1. The number of amides is 1. The Kier molecular flexibility index (Phi) is 4.88. The van der Waals surface area contributed by atoms with Gasteiger partial charge < -0.3 is 19.1 Å². The molecular formula is C13H18BrNO8S. The molecule has 0 saturated carbocycles. The van der Waals surface area contributed by atoms with E-state index in [1.54, 1.807) is 6.92 Å². The van der Waals surface area contributed by atoms with Gasteiger partial charge in [0, 0.05) is 6.92 Å². The van der Waals surface area contributed by atoms with Crippen LogP contribution in [0.3, 0.4) is 0 Å². The molecule has 0 spiro atoms. The van der Waals surface area contributed by atoms with Crippen molar-refractivity contribution in [3.05, 3.63) is 0 Å². The first-order valence-corrected chi connectivity index (χ1v) is 9.66. The van der Waals surface area contributed by atoms with Gasteiger partial charge in [0.05, 0.1) is 6.61 Å². The van der Waals surface area contributed by atoms with Gasteiger partial charge >= 0.3 is 12.1 Å². The van der Waals surface area contributed by atoms with Crippen molar-refractivity contribution in [3.8, 4) is 0 Å². The number of carbonyl (C=O) groups excluding carboxylic acids is 3. The number of sulfone groups is 1. The van der Waals surface area contributed by atoms with Crippen LogP contribution in [-0.4, -0.2) is 65.2 Å². The Balaban J connectivity index is 2.17. The molecule has 0 aromatic carbocycles. The van der Waals surface area contributed by atoms with Gasteiger partial charge in [-0.25, -0.2) is 18.0 Å². The van der Waals surface area contributed by atoms with Gasteiger partial charge in [0.1, 0.15) is 15.6 Å². The third kappa shape index (κ3) is 2.67. The lowest BCUT2D eigenvalue weighted by Crippen LogP contribution is -2.64. The summed E-state index contributed by atoms with van der Waals surface area (Å²) >= 11 is 3.03. The smallest absolute Gasteiger partial charge is 0.435 e. The van der Waals surface area contributed by atoms with E-state index in [9.17, 15) is 22.8 Å². The molecule has 1 amide bonds. The first-order valence-electron chi connectivity index (χ1n) is 7.20. The van der Waals surface area contributed by atoms with Gasteiger partial charge in [-0.3, -0.25) is 4.79 Å². The van der Waals surface area contributed by atoms with Gasteiger partial charge in [0.15, 0.2) is 15.2 Å². The minimum atomic E-state index is -3.78. The Morgan fingerprint density at radius 1 is 1.33 bits per heavy atom. The fourth-order valence-corrected chi connectivity index (χ4v) is 6.21. The maximum Gasteiger partial charge on any atom is 0.511 e. The van der Waals surface area contributed by atoms with Crippen LogP contribution in [0.15, 0.2) is 0 Å². The first-order chi connectivity index (χ1) is 11.0. The van der Waals surface area contributed by atoms with Crippen molar-refractivity contribution in [1.82, 2.24) is 4.90 Å². The van der Waals surface area contributed by atoms with Gasteiger partial charge in [-0.05, 0) is 20.8 Å². The van der Waals surface area contributed by atoms with Crippen LogP contribution in [0, 0.1) is 0 Å². The molecule has 2 fully saturated rings. The Bertz CT molecular complexity index is 675. The van der Waals surface area contributed by atoms with Crippen molar-refractivity contribution < 1.29 is 37.0 Å². The van der Waals surface area contributed by atoms with Crippen molar-refractivity contribution in [1.29, 1.82) is 0 Å². The number of rotatable bonds is 4. The summed E-state index contributed by atoms with van der Waals surface area (Å²) in [6, 6.07) is -1.32. The van der Waals surface area contributed by atoms with Gasteiger partial charge in [0.25, 0.3) is 0 Å². The number of hydrogen-bond acceptors (Lipinski definition) is 8. The standard InChI is InChI=1S/C13H18BrNO8S/c1-5-21-12(18)23-6(2)22-11(17)8-13(3,4)24(19,20)10-7(14)9(16)15(8)10/h6-8,10H,5H2,1-4H3/t6?,7-,8-,10+/m0/s1. The Hall–Kier alpha value is -1.36. The maximum absolute atomic E-state index is 12.6. The van der Waals surface area contributed by atoms with Crippen LogP contribution >= 0.6 is 15.9 Å². The van der Waals surface area contributed by atoms with Crippen molar-refractivity contribution in [2.45, 2.75) is 55.0 Å². The average Bonchev–Trinajstić information content (AvgIpc) is 2.59. The summed E-state index contributed by atoms with van der Waals surface area (Å²) in [5, 5.41) is -1.11. The zero-order chi connectivity index (χ0) is 18.4. The quantitative estimate of drug-likeness (QED) is 0.276. The summed E-state index contributed by atoms with van der Waals surface area (Å²) in [6.07, 6.45) is -2.31.